The van der Waals surface area contributed by atoms with Gasteiger partial charge in [-0.15, -0.1) is 10.2 Å². The second-order valence-corrected chi connectivity index (χ2v) is 7.43. The minimum absolute atomic E-state index is 0.000713. The molecule has 1 aliphatic rings. The van der Waals surface area contributed by atoms with E-state index in [1.54, 1.807) is 11.8 Å². The molecule has 31 heavy (non-hydrogen) atoms. The van der Waals surface area contributed by atoms with Crippen molar-refractivity contribution in [2.24, 2.45) is 0 Å². The second-order valence-electron chi connectivity index (χ2n) is 7.43. The Kier molecular flexibility index (Phi) is 5.87. The summed E-state index contributed by atoms with van der Waals surface area (Å²) in [5.74, 6) is 2.00. The third-order valence-corrected chi connectivity index (χ3v) is 5.07. The van der Waals surface area contributed by atoms with E-state index in [1.165, 1.54) is 17.0 Å². The molecule has 0 aromatic carbocycles. The number of carbonyl (C=O) groups is 1. The molecule has 10 heteroatoms. The van der Waals surface area contributed by atoms with E-state index in [0.717, 1.165) is 17.3 Å². The quantitative estimate of drug-likeness (QED) is 0.654. The van der Waals surface area contributed by atoms with Crippen LogP contribution < -0.4 is 15.8 Å². The van der Waals surface area contributed by atoms with Gasteiger partial charge in [0, 0.05) is 43.6 Å². The van der Waals surface area contributed by atoms with E-state index in [4.69, 9.17) is 0 Å². The molecule has 0 spiro atoms. The molecule has 0 aliphatic carbocycles. The van der Waals surface area contributed by atoms with E-state index in [0.29, 0.717) is 37.7 Å². The molecular weight excluding hydrogens is 396 g/mol. The summed E-state index contributed by atoms with van der Waals surface area (Å²) in [6.45, 7) is 6.09. The summed E-state index contributed by atoms with van der Waals surface area (Å²) < 4.78 is 1.34. The number of nitrogens with zero attached hydrogens (tertiary/aromatic N) is 7. The Morgan fingerprint density at radius 2 is 1.81 bits per heavy atom. The zero-order valence-electron chi connectivity index (χ0n) is 17.5. The lowest BCUT2D eigenvalue weighted by Crippen LogP contribution is -2.50. The van der Waals surface area contributed by atoms with Gasteiger partial charge >= 0.3 is 0 Å². The maximum absolute atomic E-state index is 12.6. The Morgan fingerprint density at radius 3 is 2.48 bits per heavy atom. The predicted molar refractivity (Wildman–Crippen MR) is 116 cm³/mol. The lowest BCUT2D eigenvalue weighted by molar-refractivity contribution is -0.132. The standard InChI is InChI=1S/C21H24N8O2/c1-15-4-3-5-17(23-15)24-18-6-7-19(26-25-18)27-8-10-28(11-9-27)21(31)13-29-14-22-16(2)12-20(29)30/h3-7,12,14H,8-11,13H2,1-2H3,(H,23,24,25). The maximum atomic E-state index is 12.6. The number of hydrogen-bond donors (Lipinski definition) is 1. The average Bonchev–Trinajstić information content (AvgIpc) is 2.76. The zero-order chi connectivity index (χ0) is 21.8. The van der Waals surface area contributed by atoms with Crippen LogP contribution in [0.25, 0.3) is 0 Å². The summed E-state index contributed by atoms with van der Waals surface area (Å²) in [4.78, 5) is 36.9. The summed E-state index contributed by atoms with van der Waals surface area (Å²) in [6, 6.07) is 10.9. The van der Waals surface area contributed by atoms with Crippen LogP contribution in [0.5, 0.6) is 0 Å². The topological polar surface area (TPSA) is 109 Å². The molecule has 0 bridgehead atoms. The first kappa shape index (κ1) is 20.5. The number of piperazine rings is 1. The maximum Gasteiger partial charge on any atom is 0.253 e. The predicted octanol–water partition coefficient (Wildman–Crippen LogP) is 1.14. The fraction of sp³-hybridized carbons (Fsp3) is 0.333. The minimum Gasteiger partial charge on any atom is -0.352 e. The van der Waals surface area contributed by atoms with Gasteiger partial charge in [0.25, 0.3) is 5.56 Å². The highest BCUT2D eigenvalue weighted by molar-refractivity contribution is 5.76. The summed E-state index contributed by atoms with van der Waals surface area (Å²) in [5.41, 5.74) is 1.34. The second kappa shape index (κ2) is 8.90. The monoisotopic (exact) mass is 420 g/mol. The molecule has 0 radical (unpaired) electrons. The number of hydrogen-bond acceptors (Lipinski definition) is 8. The van der Waals surface area contributed by atoms with Gasteiger partial charge in [-0.3, -0.25) is 14.2 Å². The van der Waals surface area contributed by atoms with Crippen molar-refractivity contribution >= 4 is 23.4 Å². The van der Waals surface area contributed by atoms with E-state index in [9.17, 15) is 9.59 Å². The van der Waals surface area contributed by atoms with E-state index in [1.807, 2.05) is 37.3 Å². The van der Waals surface area contributed by atoms with Crippen LogP contribution in [0.2, 0.25) is 0 Å². The molecule has 4 heterocycles. The van der Waals surface area contributed by atoms with E-state index < -0.39 is 0 Å². The third kappa shape index (κ3) is 5.03. The average molecular weight is 420 g/mol. The lowest BCUT2D eigenvalue weighted by atomic mass is 10.3. The lowest BCUT2D eigenvalue weighted by Gasteiger charge is -2.35. The number of aryl methyl sites for hydroxylation is 2. The Balaban J connectivity index is 1.32. The van der Waals surface area contributed by atoms with Gasteiger partial charge in [-0.05, 0) is 38.1 Å². The molecule has 1 saturated heterocycles. The Hall–Kier alpha value is -3.82. The van der Waals surface area contributed by atoms with Gasteiger partial charge < -0.3 is 15.1 Å². The first-order chi connectivity index (χ1) is 15.0. The van der Waals surface area contributed by atoms with E-state index in [-0.39, 0.29) is 18.0 Å². The Bertz CT molecular complexity index is 1120. The first-order valence-corrected chi connectivity index (χ1v) is 10.1. The fourth-order valence-corrected chi connectivity index (χ4v) is 3.37. The van der Waals surface area contributed by atoms with Crippen molar-refractivity contribution in [2.45, 2.75) is 20.4 Å². The van der Waals surface area contributed by atoms with Crippen LogP contribution in [0.4, 0.5) is 17.5 Å². The van der Waals surface area contributed by atoms with Crippen LogP contribution in [0.3, 0.4) is 0 Å². The van der Waals surface area contributed by atoms with E-state index >= 15 is 0 Å². The molecule has 160 valence electrons. The third-order valence-electron chi connectivity index (χ3n) is 5.07. The van der Waals surface area contributed by atoms with Crippen LogP contribution in [0, 0.1) is 13.8 Å². The number of aromatic nitrogens is 5. The SMILES string of the molecule is Cc1cc(=O)n(CC(=O)N2CCN(c3ccc(Nc4cccc(C)n4)nn3)CC2)cn1. The van der Waals surface area contributed by atoms with Crippen molar-refractivity contribution in [3.05, 3.63) is 64.5 Å². The molecular formula is C21H24N8O2. The molecule has 3 aromatic rings. The van der Waals surface area contributed by atoms with Gasteiger partial charge in [-0.1, -0.05) is 6.07 Å². The number of pyridine rings is 1. The molecule has 0 atom stereocenters. The molecule has 0 saturated carbocycles. The number of carbonyl (C=O) groups excluding carboxylic acids is 1. The molecule has 3 aromatic heterocycles. The number of nitrogens with one attached hydrogen (secondary N) is 1. The van der Waals surface area contributed by atoms with Gasteiger partial charge in [0.05, 0.1) is 6.33 Å². The van der Waals surface area contributed by atoms with Gasteiger partial charge in [0.1, 0.15) is 12.4 Å². The first-order valence-electron chi connectivity index (χ1n) is 10.1. The van der Waals surface area contributed by atoms with Crippen molar-refractivity contribution in [1.82, 2.24) is 29.6 Å². The largest absolute Gasteiger partial charge is 0.352 e. The number of rotatable bonds is 5. The van der Waals surface area contributed by atoms with Crippen molar-refractivity contribution in [3.63, 3.8) is 0 Å². The minimum atomic E-state index is -0.218. The van der Waals surface area contributed by atoms with Crippen LogP contribution >= 0.6 is 0 Å². The summed E-state index contributed by atoms with van der Waals surface area (Å²) in [5, 5.41) is 11.7. The van der Waals surface area contributed by atoms with Gasteiger partial charge in [0.15, 0.2) is 11.6 Å². The molecule has 0 unspecified atom stereocenters. The molecule has 4 rings (SSSR count). The highest BCUT2D eigenvalue weighted by Crippen LogP contribution is 2.17. The highest BCUT2D eigenvalue weighted by atomic mass is 16.2. The number of amides is 1. The van der Waals surface area contributed by atoms with Crippen molar-refractivity contribution in [1.29, 1.82) is 0 Å². The van der Waals surface area contributed by atoms with Crippen LogP contribution in [-0.2, 0) is 11.3 Å². The summed E-state index contributed by atoms with van der Waals surface area (Å²) >= 11 is 0. The fourth-order valence-electron chi connectivity index (χ4n) is 3.37. The van der Waals surface area contributed by atoms with E-state index in [2.05, 4.69) is 30.4 Å². The van der Waals surface area contributed by atoms with Crippen molar-refractivity contribution in [2.75, 3.05) is 36.4 Å². The Labute approximate surface area is 179 Å². The van der Waals surface area contributed by atoms with Crippen LogP contribution in [-0.4, -0.2) is 61.7 Å². The van der Waals surface area contributed by atoms with Crippen molar-refractivity contribution in [3.8, 4) is 0 Å². The number of anilines is 3. The molecule has 1 fully saturated rings. The summed E-state index contributed by atoms with van der Waals surface area (Å²) in [6.07, 6.45) is 1.42. The van der Waals surface area contributed by atoms with Gasteiger partial charge in [0.2, 0.25) is 5.91 Å². The molecule has 1 aliphatic heterocycles. The molecule has 1 N–H and O–H groups in total. The van der Waals surface area contributed by atoms with Crippen molar-refractivity contribution < 1.29 is 4.79 Å². The smallest absolute Gasteiger partial charge is 0.253 e. The molecule has 1 amide bonds. The summed E-state index contributed by atoms with van der Waals surface area (Å²) in [7, 11) is 0. The van der Waals surface area contributed by atoms with Crippen LogP contribution in [0.1, 0.15) is 11.4 Å². The zero-order valence-corrected chi connectivity index (χ0v) is 17.5. The van der Waals surface area contributed by atoms with Gasteiger partial charge in [-0.2, -0.15) is 0 Å². The van der Waals surface area contributed by atoms with Crippen LogP contribution in [0.15, 0.2) is 47.5 Å². The van der Waals surface area contributed by atoms with Gasteiger partial charge in [-0.25, -0.2) is 9.97 Å². The molecule has 10 nitrogen and oxygen atoms in total. The highest BCUT2D eigenvalue weighted by Gasteiger charge is 2.22. The normalized spacial score (nSPS) is 13.9. The Morgan fingerprint density at radius 1 is 1.00 bits per heavy atom.